The summed E-state index contributed by atoms with van der Waals surface area (Å²) in [4.78, 5) is 7.74. The first-order valence-corrected chi connectivity index (χ1v) is 5.21. The van der Waals surface area contributed by atoms with Crippen LogP contribution in [0.1, 0.15) is 19.8 Å². The molecule has 0 saturated heterocycles. The van der Waals surface area contributed by atoms with E-state index in [-0.39, 0.29) is 0 Å². The van der Waals surface area contributed by atoms with Crippen molar-refractivity contribution in [3.8, 4) is 5.88 Å². The van der Waals surface area contributed by atoms with Crippen LogP contribution in [-0.2, 0) is 0 Å². The van der Waals surface area contributed by atoms with E-state index in [1.807, 2.05) is 0 Å². The Bertz CT molecular complexity index is 283. The quantitative estimate of drug-likeness (QED) is 0.620. The summed E-state index contributed by atoms with van der Waals surface area (Å²) >= 11 is 9.00. The Morgan fingerprint density at radius 1 is 1.54 bits per heavy atom. The van der Waals surface area contributed by atoms with Gasteiger partial charge < -0.3 is 4.74 Å². The first-order valence-electron chi connectivity index (χ1n) is 4.04. The van der Waals surface area contributed by atoms with Crippen molar-refractivity contribution in [2.75, 3.05) is 6.61 Å². The number of nitrogens with zero attached hydrogens (tertiary/aromatic N) is 2. The van der Waals surface area contributed by atoms with E-state index in [4.69, 9.17) is 16.3 Å². The number of halogens is 2. The van der Waals surface area contributed by atoms with Crippen LogP contribution < -0.4 is 4.74 Å². The van der Waals surface area contributed by atoms with E-state index in [1.165, 1.54) is 6.33 Å². The fourth-order valence-electron chi connectivity index (χ4n) is 0.747. The minimum Gasteiger partial charge on any atom is -0.477 e. The summed E-state index contributed by atoms with van der Waals surface area (Å²) in [6.45, 7) is 2.76. The molecule has 0 N–H and O–H groups in total. The molecule has 1 rings (SSSR count). The van der Waals surface area contributed by atoms with Crippen molar-refractivity contribution in [2.45, 2.75) is 19.8 Å². The largest absolute Gasteiger partial charge is 0.477 e. The van der Waals surface area contributed by atoms with Crippen LogP contribution >= 0.6 is 27.5 Å². The van der Waals surface area contributed by atoms with Crippen LogP contribution in [0.2, 0.25) is 5.15 Å². The number of unbranched alkanes of at least 4 members (excludes halogenated alkanes) is 1. The van der Waals surface area contributed by atoms with Gasteiger partial charge in [-0.1, -0.05) is 24.9 Å². The molecule has 0 aliphatic carbocycles. The van der Waals surface area contributed by atoms with Crippen molar-refractivity contribution in [2.24, 2.45) is 0 Å². The van der Waals surface area contributed by atoms with Crippen LogP contribution in [0, 0.1) is 0 Å². The van der Waals surface area contributed by atoms with E-state index in [9.17, 15) is 0 Å². The molecule has 13 heavy (non-hydrogen) atoms. The molecule has 3 nitrogen and oxygen atoms in total. The van der Waals surface area contributed by atoms with Gasteiger partial charge in [0.05, 0.1) is 6.61 Å². The molecule has 0 bridgehead atoms. The van der Waals surface area contributed by atoms with Crippen molar-refractivity contribution in [3.05, 3.63) is 16.0 Å². The highest BCUT2D eigenvalue weighted by Gasteiger charge is 2.06. The Labute approximate surface area is 90.6 Å². The highest BCUT2D eigenvalue weighted by Crippen LogP contribution is 2.27. The minimum absolute atomic E-state index is 0.376. The lowest BCUT2D eigenvalue weighted by molar-refractivity contribution is 0.295. The number of hydrogen-bond acceptors (Lipinski definition) is 3. The lowest BCUT2D eigenvalue weighted by Gasteiger charge is -2.05. The van der Waals surface area contributed by atoms with Gasteiger partial charge >= 0.3 is 0 Å². The summed E-state index contributed by atoms with van der Waals surface area (Å²) in [7, 11) is 0. The molecular formula is C8H10BrClN2O. The van der Waals surface area contributed by atoms with Crippen molar-refractivity contribution >= 4 is 27.5 Å². The molecule has 0 unspecified atom stereocenters. The summed E-state index contributed by atoms with van der Waals surface area (Å²) in [5.41, 5.74) is 0. The first kappa shape index (κ1) is 10.7. The second-order valence-corrected chi connectivity index (χ2v) is 3.64. The molecule has 0 saturated carbocycles. The molecule has 0 fully saturated rings. The zero-order chi connectivity index (χ0) is 9.68. The van der Waals surface area contributed by atoms with Crippen LogP contribution in [0.5, 0.6) is 5.88 Å². The molecule has 1 heterocycles. The molecule has 0 atom stereocenters. The van der Waals surface area contributed by atoms with Crippen LogP contribution in [0.3, 0.4) is 0 Å². The monoisotopic (exact) mass is 264 g/mol. The van der Waals surface area contributed by atoms with E-state index in [0.29, 0.717) is 22.1 Å². The second-order valence-electron chi connectivity index (χ2n) is 2.49. The van der Waals surface area contributed by atoms with Gasteiger partial charge in [0.2, 0.25) is 5.88 Å². The van der Waals surface area contributed by atoms with Gasteiger partial charge in [0.1, 0.15) is 10.8 Å². The lowest BCUT2D eigenvalue weighted by Crippen LogP contribution is -1.99. The third kappa shape index (κ3) is 3.12. The highest BCUT2D eigenvalue weighted by atomic mass is 79.9. The maximum absolute atomic E-state index is 5.75. The number of aromatic nitrogens is 2. The molecule has 72 valence electrons. The summed E-state index contributed by atoms with van der Waals surface area (Å²) in [5.74, 6) is 0.508. The second kappa shape index (κ2) is 5.40. The van der Waals surface area contributed by atoms with Crippen LogP contribution in [0.15, 0.2) is 10.8 Å². The zero-order valence-electron chi connectivity index (χ0n) is 7.26. The van der Waals surface area contributed by atoms with E-state index in [2.05, 4.69) is 32.8 Å². The summed E-state index contributed by atoms with van der Waals surface area (Å²) in [5, 5.41) is 0.376. The maximum atomic E-state index is 5.75. The fourth-order valence-corrected chi connectivity index (χ4v) is 1.19. The van der Waals surface area contributed by atoms with E-state index in [1.54, 1.807) is 0 Å². The van der Waals surface area contributed by atoms with Crippen molar-refractivity contribution in [1.82, 2.24) is 9.97 Å². The molecule has 0 amide bonds. The van der Waals surface area contributed by atoms with Gasteiger partial charge in [0.25, 0.3) is 0 Å². The Kier molecular flexibility index (Phi) is 4.45. The van der Waals surface area contributed by atoms with Crippen molar-refractivity contribution in [3.63, 3.8) is 0 Å². The molecule has 0 spiro atoms. The third-order valence-corrected chi connectivity index (χ3v) is 2.68. The van der Waals surface area contributed by atoms with Crippen LogP contribution in [0.4, 0.5) is 0 Å². The molecule has 1 aromatic heterocycles. The molecular weight excluding hydrogens is 255 g/mol. The fraction of sp³-hybridized carbons (Fsp3) is 0.500. The first-order chi connectivity index (χ1) is 6.25. The maximum Gasteiger partial charge on any atom is 0.232 e. The molecule has 0 aliphatic rings. The number of rotatable bonds is 4. The zero-order valence-corrected chi connectivity index (χ0v) is 9.60. The van der Waals surface area contributed by atoms with Gasteiger partial charge in [-0.15, -0.1) is 0 Å². The molecule has 1 aromatic rings. The average Bonchev–Trinajstić information content (AvgIpc) is 2.13. The van der Waals surface area contributed by atoms with Gasteiger partial charge in [-0.25, -0.2) is 9.97 Å². The highest BCUT2D eigenvalue weighted by molar-refractivity contribution is 9.10. The van der Waals surface area contributed by atoms with Crippen molar-refractivity contribution < 1.29 is 4.74 Å². The van der Waals surface area contributed by atoms with Gasteiger partial charge in [0, 0.05) is 0 Å². The van der Waals surface area contributed by atoms with Gasteiger partial charge in [-0.3, -0.25) is 0 Å². The van der Waals surface area contributed by atoms with Crippen LogP contribution in [-0.4, -0.2) is 16.6 Å². The Hall–Kier alpha value is -0.350. The molecule has 0 aromatic carbocycles. The standard InChI is InChI=1S/C8H10BrClN2O/c1-2-3-4-13-8-6(9)7(10)11-5-12-8/h5H,2-4H2,1H3. The predicted octanol–water partition coefficient (Wildman–Crippen LogP) is 3.07. The van der Waals surface area contributed by atoms with E-state index >= 15 is 0 Å². The van der Waals surface area contributed by atoms with Crippen molar-refractivity contribution in [1.29, 1.82) is 0 Å². The van der Waals surface area contributed by atoms with Gasteiger partial charge in [0.15, 0.2) is 5.15 Å². The summed E-state index contributed by atoms with van der Waals surface area (Å²) < 4.78 is 5.99. The van der Waals surface area contributed by atoms with E-state index in [0.717, 1.165) is 12.8 Å². The Morgan fingerprint density at radius 3 is 3.00 bits per heavy atom. The third-order valence-electron chi connectivity index (χ3n) is 1.45. The average molecular weight is 266 g/mol. The Balaban J connectivity index is 2.61. The topological polar surface area (TPSA) is 35.0 Å². The minimum atomic E-state index is 0.376. The molecule has 0 radical (unpaired) electrons. The summed E-state index contributed by atoms with van der Waals surface area (Å²) in [6, 6.07) is 0. The van der Waals surface area contributed by atoms with E-state index < -0.39 is 0 Å². The smallest absolute Gasteiger partial charge is 0.232 e. The van der Waals surface area contributed by atoms with Gasteiger partial charge in [-0.05, 0) is 22.4 Å². The van der Waals surface area contributed by atoms with Crippen LogP contribution in [0.25, 0.3) is 0 Å². The molecule has 0 aliphatic heterocycles. The normalized spacial score (nSPS) is 10.1. The predicted molar refractivity (Wildman–Crippen MR) is 55.1 cm³/mol. The SMILES string of the molecule is CCCCOc1ncnc(Cl)c1Br. The number of hydrogen-bond donors (Lipinski definition) is 0. The molecule has 5 heteroatoms. The summed E-state index contributed by atoms with van der Waals surface area (Å²) in [6.07, 6.45) is 3.48. The lowest BCUT2D eigenvalue weighted by atomic mass is 10.4. The Morgan fingerprint density at radius 2 is 2.31 bits per heavy atom. The van der Waals surface area contributed by atoms with Gasteiger partial charge in [-0.2, -0.15) is 0 Å². The number of ether oxygens (including phenoxy) is 1.